The fraction of sp³-hybridized carbons (Fsp3) is 0.304. The van der Waals surface area contributed by atoms with Crippen molar-refractivity contribution in [1.29, 1.82) is 5.26 Å². The van der Waals surface area contributed by atoms with Gasteiger partial charge in [-0.2, -0.15) is 5.26 Å². The first-order valence-electron chi connectivity index (χ1n) is 9.77. The van der Waals surface area contributed by atoms with Crippen molar-refractivity contribution in [2.75, 3.05) is 13.2 Å². The second-order valence-corrected chi connectivity index (χ2v) is 6.81. The molecular formula is C23H23N3O4. The Kier molecular flexibility index (Phi) is 6.81. The van der Waals surface area contributed by atoms with Crippen molar-refractivity contribution in [3.63, 3.8) is 0 Å². The minimum absolute atomic E-state index is 0.175. The maximum absolute atomic E-state index is 12.9. The average molecular weight is 405 g/mol. The summed E-state index contributed by atoms with van der Waals surface area (Å²) in [4.78, 5) is 31.6. The van der Waals surface area contributed by atoms with Crippen LogP contribution in [0.4, 0.5) is 0 Å². The Hall–Kier alpha value is -3.66. The van der Waals surface area contributed by atoms with Gasteiger partial charge in [0.15, 0.2) is 6.61 Å². The molecule has 1 aromatic carbocycles. The number of aromatic nitrogens is 1. The number of rotatable bonds is 8. The summed E-state index contributed by atoms with van der Waals surface area (Å²) in [5, 5.41) is 9.56. The Balaban J connectivity index is 1.78. The van der Waals surface area contributed by atoms with Gasteiger partial charge in [-0.3, -0.25) is 9.78 Å². The SMILES string of the molecule is CCc1nc2ccccc2c(C(=O)OCC(=O)N(CCC#N)Cc2ccco2)c1C. The van der Waals surface area contributed by atoms with Crippen molar-refractivity contribution in [2.45, 2.75) is 33.2 Å². The normalized spacial score (nSPS) is 10.6. The molecule has 0 spiro atoms. The van der Waals surface area contributed by atoms with Crippen LogP contribution >= 0.6 is 0 Å². The topological polar surface area (TPSA) is 96.4 Å². The van der Waals surface area contributed by atoms with Crippen LogP contribution in [0.3, 0.4) is 0 Å². The standard InChI is InChI=1S/C23H23N3O4/c1-3-19-16(2)22(18-9-4-5-10-20(18)25-19)23(28)30-15-21(27)26(12-7-11-24)14-17-8-6-13-29-17/h4-6,8-10,13H,3,7,12,14-15H2,1-2H3. The van der Waals surface area contributed by atoms with Crippen molar-refractivity contribution < 1.29 is 18.7 Å². The van der Waals surface area contributed by atoms with Crippen molar-refractivity contribution in [3.8, 4) is 6.07 Å². The van der Waals surface area contributed by atoms with Crippen LogP contribution < -0.4 is 0 Å². The Labute approximate surface area is 174 Å². The summed E-state index contributed by atoms with van der Waals surface area (Å²) >= 11 is 0. The number of nitriles is 1. The lowest BCUT2D eigenvalue weighted by Crippen LogP contribution is -2.35. The third kappa shape index (κ3) is 4.66. The number of amides is 1. The molecule has 0 aliphatic carbocycles. The summed E-state index contributed by atoms with van der Waals surface area (Å²) in [7, 11) is 0. The number of benzene rings is 1. The first-order valence-corrected chi connectivity index (χ1v) is 9.77. The van der Waals surface area contributed by atoms with Gasteiger partial charge in [-0.25, -0.2) is 4.79 Å². The Morgan fingerprint density at radius 1 is 1.23 bits per heavy atom. The number of aryl methyl sites for hydroxylation is 1. The van der Waals surface area contributed by atoms with Gasteiger partial charge >= 0.3 is 5.97 Å². The second kappa shape index (κ2) is 9.70. The van der Waals surface area contributed by atoms with Crippen molar-refractivity contribution in [1.82, 2.24) is 9.88 Å². The lowest BCUT2D eigenvalue weighted by Gasteiger charge is -2.20. The van der Waals surface area contributed by atoms with E-state index in [-0.39, 0.29) is 25.4 Å². The van der Waals surface area contributed by atoms with Gasteiger partial charge in [0, 0.05) is 17.6 Å². The highest BCUT2D eigenvalue weighted by molar-refractivity contribution is 6.05. The largest absolute Gasteiger partial charge is 0.467 e. The molecule has 154 valence electrons. The number of ether oxygens (including phenoxy) is 1. The smallest absolute Gasteiger partial charge is 0.339 e. The van der Waals surface area contributed by atoms with Crippen molar-refractivity contribution in [3.05, 3.63) is 65.2 Å². The van der Waals surface area contributed by atoms with Gasteiger partial charge in [-0.05, 0) is 37.1 Å². The van der Waals surface area contributed by atoms with Gasteiger partial charge in [-0.1, -0.05) is 25.1 Å². The van der Waals surface area contributed by atoms with Crippen LogP contribution in [0, 0.1) is 18.3 Å². The maximum atomic E-state index is 12.9. The van der Waals surface area contributed by atoms with Crippen LogP contribution in [0.2, 0.25) is 0 Å². The second-order valence-electron chi connectivity index (χ2n) is 6.81. The molecule has 7 heteroatoms. The van der Waals surface area contributed by atoms with Gasteiger partial charge in [-0.15, -0.1) is 0 Å². The number of carbonyl (C=O) groups is 2. The Morgan fingerprint density at radius 2 is 2.03 bits per heavy atom. The van der Waals surface area contributed by atoms with E-state index in [1.807, 2.05) is 44.2 Å². The van der Waals surface area contributed by atoms with Crippen LogP contribution in [0.25, 0.3) is 10.9 Å². The molecule has 0 aliphatic rings. The average Bonchev–Trinajstić information content (AvgIpc) is 3.27. The van der Waals surface area contributed by atoms with Gasteiger partial charge in [0.2, 0.25) is 0 Å². The minimum Gasteiger partial charge on any atom is -0.467 e. The molecule has 0 bridgehead atoms. The van der Waals surface area contributed by atoms with E-state index in [1.54, 1.807) is 12.1 Å². The molecule has 0 fully saturated rings. The number of nitrogens with zero attached hydrogens (tertiary/aromatic N) is 3. The fourth-order valence-corrected chi connectivity index (χ4v) is 3.32. The highest BCUT2D eigenvalue weighted by Crippen LogP contribution is 2.24. The van der Waals surface area contributed by atoms with Crippen molar-refractivity contribution >= 4 is 22.8 Å². The van der Waals surface area contributed by atoms with Gasteiger partial charge in [0.05, 0.1) is 36.4 Å². The zero-order chi connectivity index (χ0) is 21.5. The molecule has 0 unspecified atom stereocenters. The molecule has 1 amide bonds. The highest BCUT2D eigenvalue weighted by Gasteiger charge is 2.21. The molecule has 0 atom stereocenters. The fourth-order valence-electron chi connectivity index (χ4n) is 3.32. The summed E-state index contributed by atoms with van der Waals surface area (Å²) in [6.07, 6.45) is 2.38. The molecule has 0 saturated carbocycles. The van der Waals surface area contributed by atoms with E-state index in [0.717, 1.165) is 11.3 Å². The summed E-state index contributed by atoms with van der Waals surface area (Å²) in [5.74, 6) is -0.356. The summed E-state index contributed by atoms with van der Waals surface area (Å²) in [6, 6.07) is 12.9. The summed E-state index contributed by atoms with van der Waals surface area (Å²) in [5.41, 5.74) is 2.72. The molecule has 3 rings (SSSR count). The number of hydrogen-bond donors (Lipinski definition) is 0. The van der Waals surface area contributed by atoms with Gasteiger partial charge < -0.3 is 14.1 Å². The minimum atomic E-state index is -0.563. The van der Waals surface area contributed by atoms with Crippen molar-refractivity contribution in [2.24, 2.45) is 0 Å². The molecule has 3 aromatic rings. The molecule has 2 aromatic heterocycles. The first-order chi connectivity index (χ1) is 14.5. The number of fused-ring (bicyclic) bond motifs is 1. The van der Waals surface area contributed by atoms with E-state index >= 15 is 0 Å². The van der Waals surface area contributed by atoms with E-state index < -0.39 is 12.6 Å². The number of pyridine rings is 1. The maximum Gasteiger partial charge on any atom is 0.339 e. The van der Waals surface area contributed by atoms with E-state index in [2.05, 4.69) is 4.98 Å². The van der Waals surface area contributed by atoms with E-state index in [9.17, 15) is 9.59 Å². The van der Waals surface area contributed by atoms with Gasteiger partial charge in [0.1, 0.15) is 5.76 Å². The molecule has 2 heterocycles. The first kappa shape index (κ1) is 21.1. The molecule has 7 nitrogen and oxygen atoms in total. The van der Waals surface area contributed by atoms with E-state index in [0.29, 0.717) is 28.6 Å². The Bertz CT molecular complexity index is 1080. The number of hydrogen-bond acceptors (Lipinski definition) is 6. The predicted molar refractivity (Wildman–Crippen MR) is 110 cm³/mol. The van der Waals surface area contributed by atoms with Crippen LogP contribution in [0.1, 0.15) is 40.7 Å². The highest BCUT2D eigenvalue weighted by atomic mass is 16.5. The number of para-hydroxylation sites is 1. The molecule has 0 saturated heterocycles. The van der Waals surface area contributed by atoms with Crippen LogP contribution in [-0.4, -0.2) is 34.9 Å². The third-order valence-corrected chi connectivity index (χ3v) is 4.88. The van der Waals surface area contributed by atoms with Crippen LogP contribution in [0.15, 0.2) is 47.1 Å². The number of furan rings is 1. The van der Waals surface area contributed by atoms with Gasteiger partial charge in [0.25, 0.3) is 5.91 Å². The molecule has 0 radical (unpaired) electrons. The summed E-state index contributed by atoms with van der Waals surface area (Å²) in [6.45, 7) is 3.84. The number of carbonyl (C=O) groups excluding carboxylic acids is 2. The quantitative estimate of drug-likeness (QED) is 0.529. The predicted octanol–water partition coefficient (Wildman–Crippen LogP) is 3.80. The zero-order valence-electron chi connectivity index (χ0n) is 17.1. The number of esters is 1. The molecule has 0 aliphatic heterocycles. The molecule has 0 N–H and O–H groups in total. The van der Waals surface area contributed by atoms with E-state index in [1.165, 1.54) is 11.2 Å². The van der Waals surface area contributed by atoms with Crippen LogP contribution in [-0.2, 0) is 22.5 Å². The summed E-state index contributed by atoms with van der Waals surface area (Å²) < 4.78 is 10.7. The molecular weight excluding hydrogens is 382 g/mol. The third-order valence-electron chi connectivity index (χ3n) is 4.88. The van der Waals surface area contributed by atoms with Crippen LogP contribution in [0.5, 0.6) is 0 Å². The lowest BCUT2D eigenvalue weighted by molar-refractivity contribution is -0.135. The van der Waals surface area contributed by atoms with E-state index in [4.69, 9.17) is 14.4 Å². The Morgan fingerprint density at radius 3 is 2.73 bits per heavy atom. The monoisotopic (exact) mass is 405 g/mol. The lowest BCUT2D eigenvalue weighted by atomic mass is 10.0. The zero-order valence-corrected chi connectivity index (χ0v) is 17.1. The molecule has 30 heavy (non-hydrogen) atoms.